The van der Waals surface area contributed by atoms with Gasteiger partial charge >= 0.3 is 0 Å². The average molecular weight is 389 g/mol. The molecule has 2 unspecified atom stereocenters. The van der Waals surface area contributed by atoms with Crippen LogP contribution in [-0.2, 0) is 16.0 Å². The smallest absolute Gasteiger partial charge is 0.221 e. The Morgan fingerprint density at radius 3 is 2.57 bits per heavy atom. The van der Waals surface area contributed by atoms with Gasteiger partial charge in [-0.25, -0.2) is 0 Å². The third kappa shape index (κ3) is 5.06. The van der Waals surface area contributed by atoms with Crippen LogP contribution >= 0.6 is 0 Å². The summed E-state index contributed by atoms with van der Waals surface area (Å²) >= 11 is 0. The van der Waals surface area contributed by atoms with Crippen molar-refractivity contribution in [3.8, 4) is 5.75 Å². The second-order valence-electron chi connectivity index (χ2n) is 8.90. The van der Waals surface area contributed by atoms with Crippen LogP contribution in [0.1, 0.15) is 52.0 Å². The molecule has 156 valence electrons. The van der Waals surface area contributed by atoms with Gasteiger partial charge in [0.15, 0.2) is 0 Å². The summed E-state index contributed by atoms with van der Waals surface area (Å²) in [5.41, 5.74) is 6.04. The largest absolute Gasteiger partial charge is 0.821 e. The van der Waals surface area contributed by atoms with Crippen molar-refractivity contribution in [1.82, 2.24) is 0 Å². The predicted octanol–water partition coefficient (Wildman–Crippen LogP) is 2.89. The second kappa shape index (κ2) is 9.27. The molecule has 1 aliphatic carbocycles. The zero-order valence-corrected chi connectivity index (χ0v) is 17.3. The van der Waals surface area contributed by atoms with Gasteiger partial charge in [-0.3, -0.25) is 4.79 Å². The van der Waals surface area contributed by atoms with Crippen LogP contribution in [0.5, 0.6) is 5.75 Å². The second-order valence-corrected chi connectivity index (χ2v) is 8.90. The maximum atomic E-state index is 12.9. The fourth-order valence-corrected chi connectivity index (χ4v) is 5.14. The van der Waals surface area contributed by atoms with E-state index in [1.54, 1.807) is 24.3 Å². The zero-order chi connectivity index (χ0) is 20.3. The first-order chi connectivity index (χ1) is 13.3. The summed E-state index contributed by atoms with van der Waals surface area (Å²) in [5, 5.41) is 12.9. The Bertz CT molecular complexity index is 647. The van der Waals surface area contributed by atoms with Crippen molar-refractivity contribution in [2.75, 3.05) is 6.61 Å². The first kappa shape index (κ1) is 21.1. The SMILES string of the molecule is CC1CC[C@@H]2C(CO1)[C@H]([C@@H](C)[C@H]([O-])Oc1ccc(CC(N)=O)cc1)CC[C@H]2C. The normalized spacial score (nSPS) is 32.6. The maximum Gasteiger partial charge on any atom is 0.221 e. The van der Waals surface area contributed by atoms with Crippen LogP contribution in [0.15, 0.2) is 24.3 Å². The molecule has 1 amide bonds. The molecule has 1 aromatic carbocycles. The van der Waals surface area contributed by atoms with Gasteiger partial charge in [-0.05, 0) is 73.5 Å². The molecule has 2 aliphatic rings. The van der Waals surface area contributed by atoms with Gasteiger partial charge in [0.1, 0.15) is 5.75 Å². The van der Waals surface area contributed by atoms with Gasteiger partial charge < -0.3 is 20.3 Å². The molecule has 1 saturated carbocycles. The number of ether oxygens (including phenoxy) is 2. The van der Waals surface area contributed by atoms with Crippen LogP contribution in [0.25, 0.3) is 0 Å². The van der Waals surface area contributed by atoms with E-state index in [9.17, 15) is 9.90 Å². The van der Waals surface area contributed by atoms with E-state index in [0.717, 1.165) is 25.0 Å². The summed E-state index contributed by atoms with van der Waals surface area (Å²) in [4.78, 5) is 11.0. The minimum Gasteiger partial charge on any atom is -0.821 e. The lowest BCUT2D eigenvalue weighted by molar-refractivity contribution is -0.489. The summed E-state index contributed by atoms with van der Waals surface area (Å²) in [6, 6.07) is 7.07. The minimum atomic E-state index is -1.11. The summed E-state index contributed by atoms with van der Waals surface area (Å²) < 4.78 is 11.8. The Labute approximate surface area is 168 Å². The number of hydrogen-bond acceptors (Lipinski definition) is 4. The molecule has 0 aromatic heterocycles. The molecule has 3 rings (SSSR count). The van der Waals surface area contributed by atoms with E-state index < -0.39 is 6.29 Å². The molecular formula is C23H34NO4-. The van der Waals surface area contributed by atoms with Crippen molar-refractivity contribution in [1.29, 1.82) is 0 Å². The Hall–Kier alpha value is -1.59. The number of rotatable bonds is 6. The average Bonchev–Trinajstić information content (AvgIpc) is 2.85. The highest BCUT2D eigenvalue weighted by molar-refractivity contribution is 5.76. The van der Waals surface area contributed by atoms with Crippen LogP contribution in [0.3, 0.4) is 0 Å². The minimum absolute atomic E-state index is 0.0812. The maximum absolute atomic E-state index is 12.9. The van der Waals surface area contributed by atoms with Crippen molar-refractivity contribution in [3.05, 3.63) is 29.8 Å². The first-order valence-corrected chi connectivity index (χ1v) is 10.7. The standard InChI is InChI=1S/C23H34NO4/c1-14-4-10-20(21-13-27-15(2)5-11-19(14)21)16(3)23(26)28-18-8-6-17(7-9-18)12-22(24)25/h6-9,14-16,19-21,23H,4-5,10-13H2,1-3H3,(H2,24,25)/q-1/t14-,15?,16-,19+,20+,21?,23-/m1/s1. The molecule has 5 nitrogen and oxygen atoms in total. The number of primary amides is 1. The fourth-order valence-electron chi connectivity index (χ4n) is 5.14. The molecule has 0 bridgehead atoms. The van der Waals surface area contributed by atoms with Crippen molar-refractivity contribution in [2.45, 2.75) is 65.3 Å². The summed E-state index contributed by atoms with van der Waals surface area (Å²) in [6.45, 7) is 7.31. The van der Waals surface area contributed by atoms with E-state index in [1.165, 1.54) is 12.8 Å². The highest BCUT2D eigenvalue weighted by Crippen LogP contribution is 2.46. The molecule has 2 fully saturated rings. The zero-order valence-electron chi connectivity index (χ0n) is 17.3. The van der Waals surface area contributed by atoms with E-state index >= 15 is 0 Å². The number of nitrogens with two attached hydrogens (primary N) is 1. The third-order valence-electron chi connectivity index (χ3n) is 6.92. The van der Waals surface area contributed by atoms with Crippen LogP contribution < -0.4 is 15.6 Å². The van der Waals surface area contributed by atoms with Crippen molar-refractivity contribution < 1.29 is 19.4 Å². The monoisotopic (exact) mass is 388 g/mol. The molecule has 28 heavy (non-hydrogen) atoms. The number of fused-ring (bicyclic) bond motifs is 1. The molecule has 1 aliphatic heterocycles. The van der Waals surface area contributed by atoms with Crippen molar-refractivity contribution in [2.24, 2.45) is 35.3 Å². The molecular weight excluding hydrogens is 354 g/mol. The highest BCUT2D eigenvalue weighted by atomic mass is 16.6. The summed E-state index contributed by atoms with van der Waals surface area (Å²) in [5.74, 6) is 2.22. The number of carbonyl (C=O) groups excluding carboxylic acids is 1. The molecule has 1 aromatic rings. The quantitative estimate of drug-likeness (QED) is 0.760. The Morgan fingerprint density at radius 1 is 1.18 bits per heavy atom. The lowest BCUT2D eigenvalue weighted by atomic mass is 9.62. The van der Waals surface area contributed by atoms with Gasteiger partial charge in [0.25, 0.3) is 0 Å². The molecule has 1 saturated heterocycles. The van der Waals surface area contributed by atoms with E-state index in [0.29, 0.717) is 35.5 Å². The van der Waals surface area contributed by atoms with Gasteiger partial charge in [-0.15, -0.1) is 0 Å². The number of amides is 1. The van der Waals surface area contributed by atoms with Gasteiger partial charge in [0.05, 0.1) is 19.1 Å². The van der Waals surface area contributed by atoms with Gasteiger partial charge in [0, 0.05) is 6.29 Å². The van der Waals surface area contributed by atoms with Crippen LogP contribution in [0.4, 0.5) is 0 Å². The third-order valence-corrected chi connectivity index (χ3v) is 6.92. The fraction of sp³-hybridized carbons (Fsp3) is 0.696. The molecule has 0 spiro atoms. The van der Waals surface area contributed by atoms with E-state index in [2.05, 4.69) is 13.8 Å². The number of benzene rings is 1. The Balaban J connectivity index is 1.64. The van der Waals surface area contributed by atoms with E-state index in [1.807, 2.05) is 6.92 Å². The molecule has 2 N–H and O–H groups in total. The molecule has 1 heterocycles. The van der Waals surface area contributed by atoms with Crippen molar-refractivity contribution in [3.63, 3.8) is 0 Å². The van der Waals surface area contributed by atoms with E-state index in [4.69, 9.17) is 15.2 Å². The molecule has 7 atom stereocenters. The van der Waals surface area contributed by atoms with Gasteiger partial charge in [-0.1, -0.05) is 32.4 Å². The Morgan fingerprint density at radius 2 is 1.89 bits per heavy atom. The van der Waals surface area contributed by atoms with Crippen molar-refractivity contribution >= 4 is 5.91 Å². The first-order valence-electron chi connectivity index (χ1n) is 10.7. The number of carbonyl (C=O) groups is 1. The Kier molecular flexibility index (Phi) is 7.00. The summed E-state index contributed by atoms with van der Waals surface area (Å²) in [6.07, 6.45) is 3.96. The summed E-state index contributed by atoms with van der Waals surface area (Å²) in [7, 11) is 0. The van der Waals surface area contributed by atoms with Gasteiger partial charge in [0.2, 0.25) is 5.91 Å². The topological polar surface area (TPSA) is 84.6 Å². The lowest BCUT2D eigenvalue weighted by Gasteiger charge is -2.46. The lowest BCUT2D eigenvalue weighted by Crippen LogP contribution is -2.47. The van der Waals surface area contributed by atoms with Crippen LogP contribution in [-0.4, -0.2) is 24.9 Å². The number of hydrogen-bond donors (Lipinski definition) is 1. The predicted molar refractivity (Wildman–Crippen MR) is 106 cm³/mol. The molecule has 5 heteroatoms. The van der Waals surface area contributed by atoms with Crippen LogP contribution in [0, 0.1) is 29.6 Å². The molecule has 0 radical (unpaired) electrons. The van der Waals surface area contributed by atoms with Gasteiger partial charge in [-0.2, -0.15) is 0 Å². The van der Waals surface area contributed by atoms with Crippen LogP contribution in [0.2, 0.25) is 0 Å². The van der Waals surface area contributed by atoms with E-state index in [-0.39, 0.29) is 18.2 Å². The highest BCUT2D eigenvalue weighted by Gasteiger charge is 2.41.